The number of anilines is 1. The molecule has 11 nitrogen and oxygen atoms in total. The molecule has 1 rings (SSSR count). The van der Waals surface area contributed by atoms with Gasteiger partial charge in [0.25, 0.3) is 0 Å². The SMILES string of the molecule is C=NC(=O)OCc1ccc(NC(=O)[C@H](CCCNC(N)=O)NC(=O)[C@@H](N)C(C)C)cc1. The Morgan fingerprint density at radius 2 is 1.77 bits per heavy atom. The molecule has 1 aromatic carbocycles. The van der Waals surface area contributed by atoms with Crippen LogP contribution in [-0.4, -0.2) is 49.3 Å². The standard InChI is InChI=1S/C20H30N6O5/c1-12(2)16(21)18(28)26-15(5-4-10-24-19(22)29)17(27)25-14-8-6-13(7-9-14)11-31-20(30)23-3/h6-9,12,15-16H,3-5,10-11,21H2,1-2H3,(H,25,27)(H,26,28)(H3,22,24,29)/t15-,16-/m0/s1. The van der Waals surface area contributed by atoms with E-state index in [1.165, 1.54) is 0 Å². The lowest BCUT2D eigenvalue weighted by molar-refractivity contribution is -0.128. The fourth-order valence-corrected chi connectivity index (χ4v) is 2.46. The summed E-state index contributed by atoms with van der Waals surface area (Å²) in [5.74, 6) is -0.970. The fraction of sp³-hybridized carbons (Fsp3) is 0.450. The number of hydrogen-bond donors (Lipinski definition) is 5. The van der Waals surface area contributed by atoms with Crippen molar-refractivity contribution in [3.8, 4) is 0 Å². The average molecular weight is 434 g/mol. The van der Waals surface area contributed by atoms with E-state index in [1.807, 2.05) is 0 Å². The molecule has 2 atom stereocenters. The zero-order chi connectivity index (χ0) is 23.4. The number of ether oxygens (including phenoxy) is 1. The van der Waals surface area contributed by atoms with Crippen LogP contribution >= 0.6 is 0 Å². The van der Waals surface area contributed by atoms with E-state index >= 15 is 0 Å². The first-order valence-corrected chi connectivity index (χ1v) is 9.76. The molecule has 0 aromatic heterocycles. The number of amides is 5. The number of nitrogens with one attached hydrogen (secondary N) is 3. The molecule has 0 unspecified atom stereocenters. The number of nitrogens with two attached hydrogens (primary N) is 2. The molecule has 0 heterocycles. The van der Waals surface area contributed by atoms with Crippen molar-refractivity contribution < 1.29 is 23.9 Å². The highest BCUT2D eigenvalue weighted by atomic mass is 16.5. The van der Waals surface area contributed by atoms with Crippen molar-refractivity contribution in [3.63, 3.8) is 0 Å². The highest BCUT2D eigenvalue weighted by molar-refractivity contribution is 5.97. The lowest BCUT2D eigenvalue weighted by Crippen LogP contribution is -2.51. The quantitative estimate of drug-likeness (QED) is 0.255. The van der Waals surface area contributed by atoms with Gasteiger partial charge in [-0.05, 0) is 43.2 Å². The van der Waals surface area contributed by atoms with Crippen LogP contribution < -0.4 is 27.4 Å². The Kier molecular flexibility index (Phi) is 10.7. The van der Waals surface area contributed by atoms with E-state index in [9.17, 15) is 19.2 Å². The normalized spacial score (nSPS) is 12.4. The Labute approximate surface area is 181 Å². The minimum atomic E-state index is -0.855. The summed E-state index contributed by atoms with van der Waals surface area (Å²) < 4.78 is 4.84. The van der Waals surface area contributed by atoms with Crippen LogP contribution in [0.1, 0.15) is 32.3 Å². The smallest absolute Gasteiger partial charge is 0.433 e. The molecule has 11 heteroatoms. The number of carbonyl (C=O) groups excluding carboxylic acids is 4. The van der Waals surface area contributed by atoms with Crippen LogP contribution in [0.4, 0.5) is 15.3 Å². The highest BCUT2D eigenvalue weighted by Gasteiger charge is 2.25. The molecule has 0 aliphatic carbocycles. The topological polar surface area (TPSA) is 178 Å². The van der Waals surface area contributed by atoms with Gasteiger partial charge >= 0.3 is 12.1 Å². The summed E-state index contributed by atoms with van der Waals surface area (Å²) >= 11 is 0. The second-order valence-corrected chi connectivity index (χ2v) is 7.16. The Morgan fingerprint density at radius 1 is 1.13 bits per heavy atom. The van der Waals surface area contributed by atoms with Crippen molar-refractivity contribution in [2.75, 3.05) is 11.9 Å². The van der Waals surface area contributed by atoms with Crippen molar-refractivity contribution in [2.45, 2.75) is 45.4 Å². The summed E-state index contributed by atoms with van der Waals surface area (Å²) in [4.78, 5) is 50.0. The third kappa shape index (κ3) is 9.72. The van der Waals surface area contributed by atoms with E-state index in [0.717, 1.165) is 0 Å². The molecule has 0 spiro atoms. The van der Waals surface area contributed by atoms with Gasteiger partial charge in [0.15, 0.2) is 0 Å². The van der Waals surface area contributed by atoms with Crippen molar-refractivity contribution >= 4 is 36.3 Å². The Hall–Kier alpha value is -3.47. The Bertz CT molecular complexity index is 781. The van der Waals surface area contributed by atoms with E-state index in [1.54, 1.807) is 38.1 Å². The minimum absolute atomic E-state index is 0.0186. The van der Waals surface area contributed by atoms with Gasteiger partial charge in [0, 0.05) is 12.2 Å². The number of rotatable bonds is 11. The fourth-order valence-electron chi connectivity index (χ4n) is 2.46. The maximum atomic E-state index is 12.7. The molecule has 0 radical (unpaired) electrons. The molecule has 170 valence electrons. The van der Waals surface area contributed by atoms with Gasteiger partial charge in [0.1, 0.15) is 12.6 Å². The van der Waals surface area contributed by atoms with E-state index in [-0.39, 0.29) is 25.5 Å². The van der Waals surface area contributed by atoms with Gasteiger partial charge in [-0.15, -0.1) is 0 Å². The van der Waals surface area contributed by atoms with Crippen molar-refractivity contribution in [2.24, 2.45) is 22.4 Å². The van der Waals surface area contributed by atoms with E-state index in [2.05, 4.69) is 27.7 Å². The predicted molar refractivity (Wildman–Crippen MR) is 116 cm³/mol. The molecule has 1 aromatic rings. The zero-order valence-corrected chi connectivity index (χ0v) is 17.7. The molecule has 0 aliphatic heterocycles. The van der Waals surface area contributed by atoms with Crippen LogP contribution in [0.5, 0.6) is 0 Å². The first-order chi connectivity index (χ1) is 14.6. The van der Waals surface area contributed by atoms with E-state index < -0.39 is 36.0 Å². The average Bonchev–Trinajstić information content (AvgIpc) is 2.73. The van der Waals surface area contributed by atoms with Gasteiger partial charge in [-0.1, -0.05) is 26.0 Å². The Balaban J connectivity index is 2.75. The van der Waals surface area contributed by atoms with Crippen molar-refractivity contribution in [1.29, 1.82) is 0 Å². The maximum Gasteiger partial charge on any atom is 0.433 e. The molecule has 5 amide bonds. The van der Waals surface area contributed by atoms with E-state index in [4.69, 9.17) is 16.2 Å². The van der Waals surface area contributed by atoms with Gasteiger partial charge in [-0.3, -0.25) is 9.59 Å². The third-order valence-corrected chi connectivity index (χ3v) is 4.34. The third-order valence-electron chi connectivity index (χ3n) is 4.34. The highest BCUT2D eigenvalue weighted by Crippen LogP contribution is 2.12. The molecule has 0 aliphatic rings. The first kappa shape index (κ1) is 25.6. The molecular formula is C20H30N6O5. The molecule has 31 heavy (non-hydrogen) atoms. The summed E-state index contributed by atoms with van der Waals surface area (Å²) in [6.07, 6.45) is -0.0908. The molecule has 7 N–H and O–H groups in total. The molecule has 0 bridgehead atoms. The largest absolute Gasteiger partial charge is 0.443 e. The number of carbonyl (C=O) groups is 4. The number of primary amides is 1. The van der Waals surface area contributed by atoms with E-state index in [0.29, 0.717) is 17.7 Å². The van der Waals surface area contributed by atoms with Crippen molar-refractivity contribution in [3.05, 3.63) is 29.8 Å². The number of hydrogen-bond acceptors (Lipinski definition) is 6. The van der Waals surface area contributed by atoms with Crippen LogP contribution in [0.2, 0.25) is 0 Å². The number of aliphatic imine (C=N–C) groups is 1. The van der Waals surface area contributed by atoms with Gasteiger partial charge in [0.05, 0.1) is 6.04 Å². The number of urea groups is 1. The Morgan fingerprint density at radius 3 is 2.32 bits per heavy atom. The molecule has 0 saturated carbocycles. The van der Waals surface area contributed by atoms with Crippen LogP contribution in [0.25, 0.3) is 0 Å². The number of nitrogens with zero attached hydrogens (tertiary/aromatic N) is 1. The lowest BCUT2D eigenvalue weighted by atomic mass is 10.0. The summed E-state index contributed by atoms with van der Waals surface area (Å²) in [5, 5.41) is 7.83. The zero-order valence-electron chi connectivity index (χ0n) is 17.7. The summed E-state index contributed by atoms with van der Waals surface area (Å²) in [6.45, 7) is 6.97. The second kappa shape index (κ2) is 13.0. The van der Waals surface area contributed by atoms with Crippen LogP contribution in [0.3, 0.4) is 0 Å². The summed E-state index contributed by atoms with van der Waals surface area (Å²) in [7, 11) is 0. The van der Waals surface area contributed by atoms with Gasteiger partial charge in [-0.2, -0.15) is 4.99 Å². The first-order valence-electron chi connectivity index (χ1n) is 9.76. The molecule has 0 fully saturated rings. The van der Waals surface area contributed by atoms with Gasteiger partial charge in [0.2, 0.25) is 11.8 Å². The maximum absolute atomic E-state index is 12.7. The van der Waals surface area contributed by atoms with Gasteiger partial charge < -0.3 is 32.2 Å². The van der Waals surface area contributed by atoms with Crippen LogP contribution in [0.15, 0.2) is 29.3 Å². The molecule has 0 saturated heterocycles. The molecular weight excluding hydrogens is 404 g/mol. The summed E-state index contributed by atoms with van der Waals surface area (Å²) in [6, 6.07) is 4.33. The predicted octanol–water partition coefficient (Wildman–Crippen LogP) is 0.879. The lowest BCUT2D eigenvalue weighted by Gasteiger charge is -2.22. The van der Waals surface area contributed by atoms with Gasteiger partial charge in [-0.25, -0.2) is 9.59 Å². The van der Waals surface area contributed by atoms with Crippen LogP contribution in [0, 0.1) is 5.92 Å². The second-order valence-electron chi connectivity index (χ2n) is 7.16. The number of benzene rings is 1. The minimum Gasteiger partial charge on any atom is -0.443 e. The van der Waals surface area contributed by atoms with Crippen molar-refractivity contribution in [1.82, 2.24) is 10.6 Å². The summed E-state index contributed by atoms with van der Waals surface area (Å²) in [5.41, 5.74) is 12.1. The monoisotopic (exact) mass is 434 g/mol. The van der Waals surface area contributed by atoms with Crippen LogP contribution in [-0.2, 0) is 20.9 Å².